The third-order valence-electron chi connectivity index (χ3n) is 4.05. The maximum atomic E-state index is 5.45. The Kier molecular flexibility index (Phi) is 6.01. The normalized spacial score (nSPS) is 21.4. The summed E-state index contributed by atoms with van der Waals surface area (Å²) in [5, 5.41) is 7.48. The molecule has 1 aliphatic heterocycles. The predicted octanol–water partition coefficient (Wildman–Crippen LogP) is 1.70. The molecule has 0 aliphatic carbocycles. The molecule has 1 atom stereocenters. The Morgan fingerprint density at radius 1 is 1.40 bits per heavy atom. The van der Waals surface area contributed by atoms with Gasteiger partial charge in [0.15, 0.2) is 5.76 Å². The predicted molar refractivity (Wildman–Crippen MR) is 80.5 cm³/mol. The van der Waals surface area contributed by atoms with E-state index in [-0.39, 0.29) is 0 Å². The topological polar surface area (TPSA) is 44.5 Å². The molecule has 5 heteroatoms. The van der Waals surface area contributed by atoms with E-state index in [0.29, 0.717) is 6.04 Å². The second-order valence-electron chi connectivity index (χ2n) is 5.74. The summed E-state index contributed by atoms with van der Waals surface area (Å²) in [5.74, 6) is 0.984. The van der Waals surface area contributed by atoms with Crippen LogP contribution in [0.25, 0.3) is 0 Å². The van der Waals surface area contributed by atoms with Gasteiger partial charge in [-0.2, -0.15) is 0 Å². The van der Waals surface area contributed by atoms with Crippen molar-refractivity contribution in [3.63, 3.8) is 0 Å². The monoisotopic (exact) mass is 280 g/mol. The molecule has 1 fully saturated rings. The van der Waals surface area contributed by atoms with Gasteiger partial charge in [-0.25, -0.2) is 0 Å². The molecule has 0 radical (unpaired) electrons. The fourth-order valence-electron chi connectivity index (χ4n) is 2.72. The number of hydrogen-bond donors (Lipinski definition) is 1. The number of likely N-dealkylation sites (N-methyl/N-ethyl adjacent to an activating group) is 1. The largest absolute Gasteiger partial charge is 0.360 e. The quantitative estimate of drug-likeness (QED) is 0.770. The molecule has 2 rings (SSSR count). The maximum absolute atomic E-state index is 5.45. The highest BCUT2D eigenvalue weighted by Gasteiger charge is 2.23. The first-order chi connectivity index (χ1) is 9.72. The van der Waals surface area contributed by atoms with Crippen LogP contribution in [0.5, 0.6) is 0 Å². The molecular formula is C15H28N4O. The Bertz CT molecular complexity index is 393. The van der Waals surface area contributed by atoms with E-state index in [0.717, 1.165) is 57.1 Å². The van der Waals surface area contributed by atoms with E-state index < -0.39 is 0 Å². The number of nitrogens with one attached hydrogen (secondary N) is 1. The van der Waals surface area contributed by atoms with Gasteiger partial charge in [0.25, 0.3) is 0 Å². The summed E-state index contributed by atoms with van der Waals surface area (Å²) >= 11 is 0. The first-order valence-electron chi connectivity index (χ1n) is 7.80. The summed E-state index contributed by atoms with van der Waals surface area (Å²) in [4.78, 5) is 4.93. The molecule has 1 unspecified atom stereocenters. The van der Waals surface area contributed by atoms with E-state index >= 15 is 0 Å². The zero-order chi connectivity index (χ0) is 14.4. The third-order valence-corrected chi connectivity index (χ3v) is 4.05. The molecule has 1 aromatic heterocycles. The molecule has 1 aromatic rings. The smallest absolute Gasteiger partial charge is 0.151 e. The SMILES string of the molecule is CCCNCc1cc(CN2CCN(C)C(CC)C2)on1. The Morgan fingerprint density at radius 2 is 2.25 bits per heavy atom. The van der Waals surface area contributed by atoms with Crippen molar-refractivity contribution in [1.29, 1.82) is 0 Å². The van der Waals surface area contributed by atoms with E-state index in [1.807, 2.05) is 0 Å². The molecule has 1 aliphatic rings. The van der Waals surface area contributed by atoms with E-state index in [1.54, 1.807) is 0 Å². The number of piperazine rings is 1. The van der Waals surface area contributed by atoms with Gasteiger partial charge in [0.05, 0.1) is 12.2 Å². The van der Waals surface area contributed by atoms with E-state index in [4.69, 9.17) is 4.52 Å². The number of hydrogen-bond acceptors (Lipinski definition) is 5. The minimum Gasteiger partial charge on any atom is -0.360 e. The average Bonchev–Trinajstić information content (AvgIpc) is 2.89. The molecule has 0 spiro atoms. The molecule has 0 amide bonds. The third kappa shape index (κ3) is 4.30. The summed E-state index contributed by atoms with van der Waals surface area (Å²) in [5.41, 5.74) is 1.01. The van der Waals surface area contributed by atoms with Crippen molar-refractivity contribution in [3.05, 3.63) is 17.5 Å². The summed E-state index contributed by atoms with van der Waals surface area (Å²) in [6.07, 6.45) is 2.35. The minimum absolute atomic E-state index is 0.664. The molecule has 114 valence electrons. The molecule has 20 heavy (non-hydrogen) atoms. The van der Waals surface area contributed by atoms with Crippen molar-refractivity contribution in [1.82, 2.24) is 20.3 Å². The van der Waals surface area contributed by atoms with E-state index in [1.165, 1.54) is 6.42 Å². The van der Waals surface area contributed by atoms with Crippen LogP contribution in [0.3, 0.4) is 0 Å². The van der Waals surface area contributed by atoms with Crippen molar-refractivity contribution >= 4 is 0 Å². The fraction of sp³-hybridized carbons (Fsp3) is 0.800. The van der Waals surface area contributed by atoms with Gasteiger partial charge in [0.2, 0.25) is 0 Å². The molecule has 1 N–H and O–H groups in total. The Balaban J connectivity index is 1.81. The van der Waals surface area contributed by atoms with Crippen molar-refractivity contribution < 1.29 is 4.52 Å². The lowest BCUT2D eigenvalue weighted by atomic mass is 10.1. The van der Waals surface area contributed by atoms with Gasteiger partial charge < -0.3 is 14.7 Å². The lowest BCUT2D eigenvalue weighted by Crippen LogP contribution is -2.50. The zero-order valence-electron chi connectivity index (χ0n) is 13.1. The van der Waals surface area contributed by atoms with Gasteiger partial charge in [-0.15, -0.1) is 0 Å². The summed E-state index contributed by atoms with van der Waals surface area (Å²) in [7, 11) is 2.22. The van der Waals surface area contributed by atoms with Gasteiger partial charge >= 0.3 is 0 Å². The van der Waals surface area contributed by atoms with Crippen molar-refractivity contribution in [3.8, 4) is 0 Å². The Hall–Kier alpha value is -0.910. The first kappa shape index (κ1) is 15.5. The van der Waals surface area contributed by atoms with Gasteiger partial charge in [-0.1, -0.05) is 19.0 Å². The van der Waals surface area contributed by atoms with Crippen LogP contribution in [0.15, 0.2) is 10.6 Å². The molecule has 2 heterocycles. The molecule has 0 saturated carbocycles. The summed E-state index contributed by atoms with van der Waals surface area (Å²) in [6, 6.07) is 2.75. The van der Waals surface area contributed by atoms with Crippen LogP contribution < -0.4 is 5.32 Å². The van der Waals surface area contributed by atoms with Gasteiger partial charge in [0.1, 0.15) is 0 Å². The highest BCUT2D eigenvalue weighted by molar-refractivity contribution is 5.05. The Labute approximate surface area is 122 Å². The van der Waals surface area contributed by atoms with Crippen LogP contribution in [0.1, 0.15) is 38.1 Å². The molecule has 0 aromatic carbocycles. The maximum Gasteiger partial charge on any atom is 0.151 e. The van der Waals surface area contributed by atoms with Crippen LogP contribution in [0.2, 0.25) is 0 Å². The summed E-state index contributed by atoms with van der Waals surface area (Å²) < 4.78 is 5.45. The standard InChI is InChI=1S/C15H28N4O/c1-4-6-16-10-13-9-15(20-17-13)12-19-8-7-18(3)14(5-2)11-19/h9,14,16H,4-8,10-12H2,1-3H3. The number of rotatable bonds is 7. The first-order valence-corrected chi connectivity index (χ1v) is 7.80. The Morgan fingerprint density at radius 3 is 3.00 bits per heavy atom. The lowest BCUT2D eigenvalue weighted by molar-refractivity contribution is 0.0819. The summed E-state index contributed by atoms with van der Waals surface area (Å²) in [6.45, 7) is 10.5. The van der Waals surface area contributed by atoms with Crippen LogP contribution in [-0.4, -0.2) is 54.2 Å². The second-order valence-corrected chi connectivity index (χ2v) is 5.74. The molecule has 1 saturated heterocycles. The van der Waals surface area contributed by atoms with Crippen molar-refractivity contribution in [2.75, 3.05) is 33.2 Å². The molecule has 0 bridgehead atoms. The van der Waals surface area contributed by atoms with Crippen molar-refractivity contribution in [2.45, 2.75) is 45.8 Å². The van der Waals surface area contributed by atoms with Crippen LogP contribution >= 0.6 is 0 Å². The van der Waals surface area contributed by atoms with Gasteiger partial charge in [0, 0.05) is 38.3 Å². The van der Waals surface area contributed by atoms with E-state index in [9.17, 15) is 0 Å². The van der Waals surface area contributed by atoms with Gasteiger partial charge in [-0.3, -0.25) is 4.90 Å². The molecular weight excluding hydrogens is 252 g/mol. The van der Waals surface area contributed by atoms with Crippen molar-refractivity contribution in [2.24, 2.45) is 0 Å². The number of nitrogens with zero attached hydrogens (tertiary/aromatic N) is 3. The van der Waals surface area contributed by atoms with Crippen LogP contribution in [-0.2, 0) is 13.1 Å². The van der Waals surface area contributed by atoms with E-state index in [2.05, 4.69) is 47.2 Å². The fourth-order valence-corrected chi connectivity index (χ4v) is 2.72. The van der Waals surface area contributed by atoms with Crippen LogP contribution in [0, 0.1) is 0 Å². The lowest BCUT2D eigenvalue weighted by Gasteiger charge is -2.38. The highest BCUT2D eigenvalue weighted by atomic mass is 16.5. The van der Waals surface area contributed by atoms with Gasteiger partial charge in [-0.05, 0) is 26.4 Å². The molecule has 5 nitrogen and oxygen atoms in total. The minimum atomic E-state index is 0.664. The highest BCUT2D eigenvalue weighted by Crippen LogP contribution is 2.14. The second kappa shape index (κ2) is 7.76. The number of aromatic nitrogens is 1. The average molecular weight is 280 g/mol. The zero-order valence-corrected chi connectivity index (χ0v) is 13.1. The van der Waals surface area contributed by atoms with Crippen LogP contribution in [0.4, 0.5) is 0 Å².